The fraction of sp³-hybridized carbons (Fsp3) is 0.231. The molecule has 9 aromatic rings. The number of Topliss-reactive ketones (excluding diaryl/α,β-unsaturated/α-hetero) is 6. The van der Waals surface area contributed by atoms with Crippen molar-refractivity contribution < 1.29 is 192 Å². The number of aliphatic hydroxyl groups is 4. The number of fused-ring (bicyclic) bond motifs is 6. The van der Waals surface area contributed by atoms with Gasteiger partial charge in [0.1, 0.15) is 99.2 Å². The van der Waals surface area contributed by atoms with E-state index in [2.05, 4.69) is 0 Å². The predicted octanol–water partition coefficient (Wildman–Crippen LogP) is 5.34. The lowest BCUT2D eigenvalue weighted by Crippen LogP contribution is -2.43. The van der Waals surface area contributed by atoms with E-state index in [1.54, 1.807) is 0 Å². The zero-order chi connectivity index (χ0) is 84.2. The second-order valence-corrected chi connectivity index (χ2v) is 26.8. The summed E-state index contributed by atoms with van der Waals surface area (Å²) < 4.78 is 85.2. The van der Waals surface area contributed by atoms with Crippen LogP contribution in [-0.4, -0.2) is 231 Å². The molecule has 0 fully saturated rings. The van der Waals surface area contributed by atoms with Gasteiger partial charge >= 0.3 is 0 Å². The molecule has 0 aromatic heterocycles. The van der Waals surface area contributed by atoms with Crippen LogP contribution in [0.15, 0.2) is 60.7 Å². The lowest BCUT2D eigenvalue weighted by atomic mass is 9.86. The van der Waals surface area contributed by atoms with Crippen molar-refractivity contribution in [2.45, 2.75) is 54.9 Å². The van der Waals surface area contributed by atoms with E-state index in [0.717, 1.165) is 91.2 Å². The van der Waals surface area contributed by atoms with Crippen LogP contribution in [-0.2, 0) is 0 Å². The lowest BCUT2D eigenvalue weighted by Gasteiger charge is -2.38. The summed E-state index contributed by atoms with van der Waals surface area (Å²) in [5.74, 6) is -36.1. The van der Waals surface area contributed by atoms with Gasteiger partial charge < -0.3 is 163 Å². The molecule has 9 aromatic carbocycles. The van der Waals surface area contributed by atoms with Gasteiger partial charge in [0, 0.05) is 39.4 Å². The molecule has 0 bridgehead atoms. The standard InChI is InChI=1S/C78H62O39/c1-104-35-16-36-43(58(97)40(35)23-13-37(105-2)55(94)44-52(91)32(85)17-110-68(23)44)62(101)75(66(113-36)21-9-28(81)50(89)29(82)10-21)116-78-72(109-6)42(25-15-39(107-4)57(96)46-54(93)34(87)19-112-70(25)46)60(99)48-63(102)76(67(115-74(48)78)22-11-30(83)51(90)31(84)12-22)117-77-71(108-5)41(24-14-38(106-3)56(95)45-53(92)33(86)18-111-69(24)45)59(98)47-61(100)64(103)65(114-73(47)77)20-7-26(79)49(88)27(80)8-20/h7-16,32-34,64-67,75-76,79-90,94-99,103H,17-19H2,1-6H3/t32-,33-,34-,64+,65+,66+,67+,75+,76+/m1/s1. The summed E-state index contributed by atoms with van der Waals surface area (Å²) in [6, 6.07) is 8.16. The van der Waals surface area contributed by atoms with E-state index < -0.39 is 354 Å². The minimum Gasteiger partial charge on any atom is -0.506 e. The largest absolute Gasteiger partial charge is 0.506 e. The number of ether oxygens (including phenoxy) is 14. The summed E-state index contributed by atoms with van der Waals surface area (Å²) in [6.45, 7) is -2.49. The molecular formula is C78H62O39. The summed E-state index contributed by atoms with van der Waals surface area (Å²) >= 11 is 0. The van der Waals surface area contributed by atoms with E-state index in [9.17, 15) is 111 Å². The fourth-order valence-electron chi connectivity index (χ4n) is 14.8. The average molecular weight is 1620 g/mol. The molecule has 608 valence electrons. The van der Waals surface area contributed by atoms with Crippen molar-refractivity contribution >= 4 is 34.7 Å². The summed E-state index contributed by atoms with van der Waals surface area (Å²) in [5, 5.41) is 217. The van der Waals surface area contributed by atoms with Crippen LogP contribution in [0, 0.1) is 0 Å². The molecule has 6 aliphatic heterocycles. The van der Waals surface area contributed by atoms with E-state index in [1.807, 2.05) is 0 Å². The molecule has 9 atom stereocenters. The van der Waals surface area contributed by atoms with Gasteiger partial charge in [-0.15, -0.1) is 0 Å². The van der Waals surface area contributed by atoms with Gasteiger partial charge in [0.05, 0.1) is 59.3 Å². The van der Waals surface area contributed by atoms with Gasteiger partial charge in [0.25, 0.3) is 0 Å². The van der Waals surface area contributed by atoms with Gasteiger partial charge in [0.2, 0.25) is 58.4 Å². The first-order chi connectivity index (χ1) is 55.7. The topological polar surface area (TPSA) is 616 Å². The Bertz CT molecular complexity index is 5810. The number of phenolic OH excluding ortho intramolecular Hbond substituents is 15. The van der Waals surface area contributed by atoms with E-state index >= 15 is 14.4 Å². The first-order valence-corrected chi connectivity index (χ1v) is 34.3. The zero-order valence-corrected chi connectivity index (χ0v) is 60.8. The van der Waals surface area contributed by atoms with Crippen molar-refractivity contribution in [3.05, 3.63) is 111 Å². The lowest BCUT2D eigenvalue weighted by molar-refractivity contribution is 0.0103. The molecule has 0 unspecified atom stereocenters. The highest BCUT2D eigenvalue weighted by Crippen LogP contribution is 2.65. The molecule has 0 saturated carbocycles. The molecule has 0 spiro atoms. The number of phenols is 15. The van der Waals surface area contributed by atoms with Crippen LogP contribution < -0.4 is 66.3 Å². The molecule has 6 heterocycles. The van der Waals surface area contributed by atoms with Crippen LogP contribution in [0.1, 0.15) is 97.2 Å². The minimum absolute atomic E-state index is 0.362. The smallest absolute Gasteiger partial charge is 0.215 e. The second-order valence-electron chi connectivity index (χ2n) is 26.8. The van der Waals surface area contributed by atoms with Crippen molar-refractivity contribution in [1.29, 1.82) is 0 Å². The van der Waals surface area contributed by atoms with E-state index in [0.29, 0.717) is 12.1 Å². The van der Waals surface area contributed by atoms with Crippen molar-refractivity contribution in [3.63, 3.8) is 0 Å². The quantitative estimate of drug-likeness (QED) is 0.0543. The molecule has 0 amide bonds. The van der Waals surface area contributed by atoms with Crippen LogP contribution in [0.3, 0.4) is 0 Å². The molecule has 117 heavy (non-hydrogen) atoms. The van der Waals surface area contributed by atoms with E-state index in [-0.39, 0.29) is 5.56 Å². The molecule has 0 radical (unpaired) electrons. The predicted molar refractivity (Wildman–Crippen MR) is 385 cm³/mol. The Kier molecular flexibility index (Phi) is 18.7. The second kappa shape index (κ2) is 28.3. The first kappa shape index (κ1) is 77.4. The van der Waals surface area contributed by atoms with Gasteiger partial charge in [0.15, 0.2) is 152 Å². The molecule has 0 saturated heterocycles. The number of aliphatic hydroxyl groups excluding tert-OH is 4. The average Bonchev–Trinajstić information content (AvgIpc) is 0.714. The third-order valence-electron chi connectivity index (χ3n) is 20.3. The Labute approximate surface area is 652 Å². The number of carbonyl (C=O) groups is 6. The van der Waals surface area contributed by atoms with Gasteiger partial charge in [-0.05, 0) is 54.6 Å². The third kappa shape index (κ3) is 11.6. The Hall–Kier alpha value is -15.0. The van der Waals surface area contributed by atoms with Gasteiger partial charge in [-0.25, -0.2) is 0 Å². The maximum absolute atomic E-state index is 17.1. The van der Waals surface area contributed by atoms with Crippen LogP contribution in [0.2, 0.25) is 0 Å². The Balaban J connectivity index is 1.03. The molecule has 39 nitrogen and oxygen atoms in total. The molecule has 6 aliphatic rings. The van der Waals surface area contributed by atoms with Gasteiger partial charge in [-0.2, -0.15) is 0 Å². The van der Waals surface area contributed by atoms with Crippen LogP contribution in [0.4, 0.5) is 0 Å². The van der Waals surface area contributed by atoms with Crippen molar-refractivity contribution in [2.24, 2.45) is 0 Å². The fourth-order valence-corrected chi connectivity index (χ4v) is 14.8. The number of ketones is 6. The summed E-state index contributed by atoms with van der Waals surface area (Å²) in [4.78, 5) is 90.6. The number of carbonyl (C=O) groups excluding carboxylic acids is 6. The zero-order valence-electron chi connectivity index (χ0n) is 60.8. The van der Waals surface area contributed by atoms with Crippen molar-refractivity contribution in [2.75, 3.05) is 62.5 Å². The Morgan fingerprint density at radius 1 is 0.282 bits per heavy atom. The number of aromatic hydroxyl groups is 15. The molecule has 15 rings (SSSR count). The monoisotopic (exact) mass is 1620 g/mol. The van der Waals surface area contributed by atoms with Crippen molar-refractivity contribution in [3.8, 4) is 200 Å². The van der Waals surface area contributed by atoms with Crippen LogP contribution in [0.25, 0.3) is 33.4 Å². The summed E-state index contributed by atoms with van der Waals surface area (Å²) in [5.41, 5.74) is -11.2. The molecular weight excluding hydrogens is 1560 g/mol. The maximum atomic E-state index is 17.1. The van der Waals surface area contributed by atoms with Gasteiger partial charge in [-0.3, -0.25) is 28.8 Å². The highest BCUT2D eigenvalue weighted by molar-refractivity contribution is 6.16. The minimum atomic E-state index is -2.77. The highest BCUT2D eigenvalue weighted by Gasteiger charge is 2.54. The number of benzene rings is 9. The number of methoxy groups -OCH3 is 6. The third-order valence-corrected chi connectivity index (χ3v) is 20.3. The first-order valence-electron chi connectivity index (χ1n) is 34.3. The van der Waals surface area contributed by atoms with Crippen molar-refractivity contribution in [1.82, 2.24) is 0 Å². The Morgan fingerprint density at radius 3 is 0.932 bits per heavy atom. The molecule has 39 heteroatoms. The number of rotatable bonds is 16. The maximum Gasteiger partial charge on any atom is 0.215 e. The number of hydrogen-bond acceptors (Lipinski definition) is 39. The molecule has 19 N–H and O–H groups in total. The van der Waals surface area contributed by atoms with Crippen LogP contribution >= 0.6 is 0 Å². The Morgan fingerprint density at radius 2 is 0.581 bits per heavy atom. The van der Waals surface area contributed by atoms with Crippen LogP contribution in [0.5, 0.6) is 167 Å². The van der Waals surface area contributed by atoms with E-state index in [4.69, 9.17) is 66.3 Å². The van der Waals surface area contributed by atoms with E-state index in [1.165, 1.54) is 0 Å². The number of hydrogen-bond donors (Lipinski definition) is 19. The highest BCUT2D eigenvalue weighted by atomic mass is 16.6. The normalized spacial score (nSPS) is 20.2. The van der Waals surface area contributed by atoms with Gasteiger partial charge in [-0.1, -0.05) is 0 Å². The molecule has 0 aliphatic carbocycles. The SMILES string of the molecule is COc1cc(-c2c(OC)cc3c(c2O)C(=O)[C@H](Oc2c4c(c(O)c(-c5cc(OC)c(O)c6c5OC[C@@H](O)C6=O)c2OC)C(=O)[C@H](Oc2c5c(c(O)c(-c6cc(OC)c(O)c7c6OC[C@@H](O)C7=O)c2OC)C(=O)[C@H](O)[C@H](c2cc(O)c(O)c(O)c2)O5)[C@H](c2cc(O)c(O)c(O)c2)O4)[C@H](c2cc(O)c(O)c(O)c2)O3)c2c(c1O)C(=O)[C@H](O)CO2. The summed E-state index contributed by atoms with van der Waals surface area (Å²) in [6.07, 6.45) is -20.7. The summed E-state index contributed by atoms with van der Waals surface area (Å²) in [7, 11) is 5.90.